The number of benzene rings is 1. The summed E-state index contributed by atoms with van der Waals surface area (Å²) in [5.41, 5.74) is 1.99. The molecule has 54 valence electrons. The van der Waals surface area contributed by atoms with E-state index in [-0.39, 0.29) is 29.6 Å². The van der Waals surface area contributed by atoms with Crippen molar-refractivity contribution in [1.82, 2.24) is 5.48 Å². The third-order valence-corrected chi connectivity index (χ3v) is 1.14. The van der Waals surface area contributed by atoms with Gasteiger partial charge < -0.3 is 0 Å². The fourth-order valence-corrected chi connectivity index (χ4v) is 0.654. The molecule has 0 radical (unpaired) electrons. The molecule has 0 saturated carbocycles. The van der Waals surface area contributed by atoms with Crippen LogP contribution in [0.15, 0.2) is 30.3 Å². The van der Waals surface area contributed by atoms with Crippen LogP contribution < -0.4 is 5.48 Å². The van der Waals surface area contributed by atoms with Crippen molar-refractivity contribution in [3.05, 3.63) is 35.9 Å². The van der Waals surface area contributed by atoms with Crippen molar-refractivity contribution < 1.29 is 10.0 Å². The molecular weight excluding hydrogens is 153 g/mol. The summed E-state index contributed by atoms with van der Waals surface area (Å²) >= 11 is 0. The summed E-state index contributed by atoms with van der Waals surface area (Å²) in [6.07, 6.45) is 0. The number of hydrogen-bond acceptors (Lipinski definition) is 2. The Morgan fingerprint density at radius 1 is 1.27 bits per heavy atom. The van der Waals surface area contributed by atoms with E-state index in [0.29, 0.717) is 5.56 Å². The van der Waals surface area contributed by atoms with Crippen molar-refractivity contribution in [3.63, 3.8) is 0 Å². The van der Waals surface area contributed by atoms with Crippen LogP contribution in [0.2, 0.25) is 0 Å². The molecular formula is C7H8NNaO2. The average Bonchev–Trinajstić information content (AvgIpc) is 2.05. The number of nitrogens with one attached hydrogen (secondary N) is 1. The van der Waals surface area contributed by atoms with Gasteiger partial charge in [0.2, 0.25) is 0 Å². The van der Waals surface area contributed by atoms with E-state index in [4.69, 9.17) is 5.21 Å². The van der Waals surface area contributed by atoms with E-state index in [2.05, 4.69) is 0 Å². The van der Waals surface area contributed by atoms with Gasteiger partial charge in [-0.25, -0.2) is 5.48 Å². The van der Waals surface area contributed by atoms with Crippen molar-refractivity contribution in [2.45, 2.75) is 0 Å². The zero-order valence-electron chi connectivity index (χ0n) is 5.24. The molecule has 0 aliphatic heterocycles. The third-order valence-electron chi connectivity index (χ3n) is 1.14. The van der Waals surface area contributed by atoms with E-state index in [1.165, 1.54) is 0 Å². The Morgan fingerprint density at radius 3 is 2.27 bits per heavy atom. The fourth-order valence-electron chi connectivity index (χ4n) is 0.654. The molecule has 0 spiro atoms. The summed E-state index contributed by atoms with van der Waals surface area (Å²) in [5.74, 6) is -0.486. The van der Waals surface area contributed by atoms with Crippen LogP contribution in [0, 0.1) is 0 Å². The van der Waals surface area contributed by atoms with Gasteiger partial charge in [0.15, 0.2) is 0 Å². The first kappa shape index (κ1) is 10.7. The molecule has 11 heavy (non-hydrogen) atoms. The van der Waals surface area contributed by atoms with Crippen LogP contribution in [-0.4, -0.2) is 40.7 Å². The van der Waals surface area contributed by atoms with E-state index < -0.39 is 5.91 Å². The zero-order chi connectivity index (χ0) is 7.40. The molecule has 1 aromatic rings. The van der Waals surface area contributed by atoms with Crippen LogP contribution in [0.25, 0.3) is 0 Å². The Bertz CT molecular complexity index is 225. The van der Waals surface area contributed by atoms with Crippen molar-refractivity contribution in [2.24, 2.45) is 0 Å². The van der Waals surface area contributed by atoms with Crippen LogP contribution in [0.1, 0.15) is 10.4 Å². The number of hydroxylamine groups is 1. The van der Waals surface area contributed by atoms with E-state index in [1.807, 2.05) is 0 Å². The second-order valence-corrected chi connectivity index (χ2v) is 1.81. The van der Waals surface area contributed by atoms with E-state index in [9.17, 15) is 4.79 Å². The Labute approximate surface area is 86.7 Å². The molecule has 0 fully saturated rings. The van der Waals surface area contributed by atoms with Crippen LogP contribution in [0.4, 0.5) is 0 Å². The van der Waals surface area contributed by atoms with Gasteiger partial charge in [-0.05, 0) is 12.1 Å². The molecule has 0 saturated heterocycles. The summed E-state index contributed by atoms with van der Waals surface area (Å²) in [7, 11) is 0. The second kappa shape index (κ2) is 5.32. The Hall–Kier alpha value is -0.350. The molecule has 3 nitrogen and oxygen atoms in total. The standard InChI is InChI=1S/C7H7NO2.Na.H/c9-7(8-10)6-4-2-1-3-5-6;;/h1-5,10H,(H,8,9);;. The maximum absolute atomic E-state index is 10.7. The second-order valence-electron chi connectivity index (χ2n) is 1.81. The van der Waals surface area contributed by atoms with E-state index in [1.54, 1.807) is 35.8 Å². The fraction of sp³-hybridized carbons (Fsp3) is 0. The number of hydrogen-bond donors (Lipinski definition) is 2. The van der Waals surface area contributed by atoms with Crippen molar-refractivity contribution >= 4 is 35.5 Å². The van der Waals surface area contributed by atoms with Gasteiger partial charge in [-0.15, -0.1) is 0 Å². The SMILES string of the molecule is O=C(NO)c1ccccc1.[NaH]. The summed E-state index contributed by atoms with van der Waals surface area (Å²) in [6.45, 7) is 0. The maximum atomic E-state index is 10.7. The average molecular weight is 161 g/mol. The zero-order valence-corrected chi connectivity index (χ0v) is 5.24. The summed E-state index contributed by atoms with van der Waals surface area (Å²) in [6, 6.07) is 8.49. The van der Waals surface area contributed by atoms with E-state index in [0.717, 1.165) is 0 Å². The van der Waals surface area contributed by atoms with Crippen molar-refractivity contribution in [3.8, 4) is 0 Å². The molecule has 0 bridgehead atoms. The Balaban J connectivity index is 0.000001000. The summed E-state index contributed by atoms with van der Waals surface area (Å²) < 4.78 is 0. The predicted molar refractivity (Wildman–Crippen MR) is 42.8 cm³/mol. The van der Waals surface area contributed by atoms with Gasteiger partial charge >= 0.3 is 29.6 Å². The molecule has 0 aromatic heterocycles. The van der Waals surface area contributed by atoms with E-state index >= 15 is 0 Å². The first-order valence-electron chi connectivity index (χ1n) is 2.84. The molecule has 1 rings (SSSR count). The number of rotatable bonds is 1. The minimum absolute atomic E-state index is 0. The van der Waals surface area contributed by atoms with Crippen molar-refractivity contribution in [1.29, 1.82) is 0 Å². The van der Waals surface area contributed by atoms with Gasteiger partial charge in [0, 0.05) is 5.56 Å². The monoisotopic (exact) mass is 161 g/mol. The van der Waals surface area contributed by atoms with Gasteiger partial charge in [-0.2, -0.15) is 0 Å². The molecule has 0 heterocycles. The van der Waals surface area contributed by atoms with Crippen LogP contribution in [0.5, 0.6) is 0 Å². The number of carbonyl (C=O) groups is 1. The number of carbonyl (C=O) groups excluding carboxylic acids is 1. The molecule has 1 amide bonds. The Kier molecular flexibility index (Phi) is 5.15. The van der Waals surface area contributed by atoms with Crippen LogP contribution in [-0.2, 0) is 0 Å². The molecule has 0 aliphatic carbocycles. The minimum atomic E-state index is -0.486. The van der Waals surface area contributed by atoms with Gasteiger partial charge in [0.1, 0.15) is 0 Å². The molecule has 2 N–H and O–H groups in total. The first-order chi connectivity index (χ1) is 4.84. The van der Waals surface area contributed by atoms with Gasteiger partial charge in [-0.1, -0.05) is 18.2 Å². The third kappa shape index (κ3) is 3.03. The molecule has 0 atom stereocenters. The molecule has 0 aliphatic rings. The van der Waals surface area contributed by atoms with Gasteiger partial charge in [0.05, 0.1) is 0 Å². The first-order valence-corrected chi connectivity index (χ1v) is 2.84. The quantitative estimate of drug-likeness (QED) is 0.350. The summed E-state index contributed by atoms with van der Waals surface area (Å²) in [4.78, 5) is 10.7. The Morgan fingerprint density at radius 2 is 1.82 bits per heavy atom. The normalized spacial score (nSPS) is 8.09. The van der Waals surface area contributed by atoms with Crippen molar-refractivity contribution in [2.75, 3.05) is 0 Å². The van der Waals surface area contributed by atoms with Gasteiger partial charge in [-0.3, -0.25) is 10.0 Å². The summed E-state index contributed by atoms with van der Waals surface area (Å²) in [5, 5.41) is 8.19. The molecule has 1 aromatic carbocycles. The van der Waals surface area contributed by atoms with Crippen LogP contribution in [0.3, 0.4) is 0 Å². The van der Waals surface area contributed by atoms with Gasteiger partial charge in [0.25, 0.3) is 5.91 Å². The van der Waals surface area contributed by atoms with Crippen LogP contribution >= 0.6 is 0 Å². The molecule has 0 unspecified atom stereocenters. The predicted octanol–water partition coefficient (Wildman–Crippen LogP) is 0.157. The number of amides is 1. The molecule has 4 heteroatoms. The topological polar surface area (TPSA) is 49.3 Å².